The van der Waals surface area contributed by atoms with E-state index in [0.717, 1.165) is 0 Å². The Morgan fingerprint density at radius 3 is 1.20 bits per heavy atom. The van der Waals surface area contributed by atoms with Crippen LogP contribution in [0.3, 0.4) is 0 Å². The maximum absolute atomic E-state index is 11.0. The average molecular weight is 252 g/mol. The second kappa shape index (κ2) is 8.64. The molecule has 2 N–H and O–H groups in total. The van der Waals surface area contributed by atoms with Crippen LogP contribution in [-0.2, 0) is 9.59 Å². The van der Waals surface area contributed by atoms with E-state index in [9.17, 15) is 9.59 Å². The molecule has 0 aliphatic carbocycles. The Bertz CT molecular complexity index is 213. The van der Waals surface area contributed by atoms with Crippen LogP contribution in [0.5, 0.6) is 0 Å². The van der Waals surface area contributed by atoms with Gasteiger partial charge in [0.2, 0.25) is 0 Å². The Balaban J connectivity index is -0.000000120. The minimum Gasteiger partial charge on any atom is -1.00 e. The molecule has 0 aliphatic heterocycles. The Labute approximate surface area is 158 Å². The van der Waals surface area contributed by atoms with E-state index >= 15 is 0 Å². The third-order valence-electron chi connectivity index (χ3n) is 2.53. The first-order valence-electron chi connectivity index (χ1n) is 4.24. The molecule has 0 aliphatic rings. The molecule has 0 aromatic rings. The van der Waals surface area contributed by atoms with Crippen molar-refractivity contribution >= 4 is 11.9 Å². The zero-order valence-corrected chi connectivity index (χ0v) is 15.5. The molecule has 0 atom stereocenters. The van der Waals surface area contributed by atoms with Crippen molar-refractivity contribution in [3.05, 3.63) is 0 Å². The summed E-state index contributed by atoms with van der Waals surface area (Å²) in [5, 5.41) is 17.9. The number of hydrogen-bond donors (Lipinski definition) is 2. The normalized spacial score (nSPS) is 10.5. The first kappa shape index (κ1) is 21.8. The third kappa shape index (κ3) is 4.39. The van der Waals surface area contributed by atoms with Gasteiger partial charge in [-0.15, -0.1) is 0 Å². The molecule has 0 amide bonds. The zero-order valence-electron chi connectivity index (χ0n) is 12.4. The number of rotatable bonds is 4. The average Bonchev–Trinajstić information content (AvgIpc) is 1.82. The van der Waals surface area contributed by atoms with Gasteiger partial charge in [-0.2, -0.15) is 0 Å². The minimum absolute atomic E-state index is 0. The molecule has 0 bridgehead atoms. The molecule has 80 valence electrons. The van der Waals surface area contributed by atoms with Gasteiger partial charge < -0.3 is 13.1 Å². The molecular weight excluding hydrogens is 234 g/mol. The van der Waals surface area contributed by atoms with Crippen LogP contribution < -0.4 is 80.9 Å². The van der Waals surface area contributed by atoms with Crippen LogP contribution in [0.25, 0.3) is 0 Å². The van der Waals surface area contributed by atoms with E-state index < -0.39 is 29.2 Å². The van der Waals surface area contributed by atoms with Crippen LogP contribution in [0, 0.1) is 17.3 Å². The summed E-state index contributed by atoms with van der Waals surface area (Å²) in [6, 6.07) is 0. The number of carboxylic acid groups (broad SMARTS) is 2. The summed E-state index contributed by atoms with van der Waals surface area (Å²) in [5.41, 5.74) is -1.67. The van der Waals surface area contributed by atoms with Crippen LogP contribution in [0.4, 0.5) is 0 Å². The number of aliphatic carboxylic acids is 2. The second-order valence-corrected chi connectivity index (χ2v) is 3.79. The van der Waals surface area contributed by atoms with Gasteiger partial charge in [-0.1, -0.05) is 27.7 Å². The monoisotopic (exact) mass is 252 g/mol. The van der Waals surface area contributed by atoms with Crippen LogP contribution in [-0.4, -0.2) is 22.2 Å². The van der Waals surface area contributed by atoms with Crippen molar-refractivity contribution in [2.75, 3.05) is 0 Å². The van der Waals surface area contributed by atoms with E-state index in [1.807, 2.05) is 0 Å². The quantitative estimate of drug-likeness (QED) is 0.392. The molecule has 0 aromatic heterocycles. The van der Waals surface area contributed by atoms with Crippen molar-refractivity contribution in [2.45, 2.75) is 27.7 Å². The number of carboxylic acids is 2. The first-order chi connectivity index (χ1) is 5.77. The predicted octanol–water partition coefficient (Wildman–Crippen LogP) is -4.31. The van der Waals surface area contributed by atoms with Crippen molar-refractivity contribution in [1.82, 2.24) is 0 Å². The van der Waals surface area contributed by atoms with Gasteiger partial charge >= 0.3 is 92.9 Å². The van der Waals surface area contributed by atoms with Gasteiger partial charge in [-0.05, 0) is 11.8 Å². The standard InChI is InChI=1S/C9H16O4.K.Na.2H/c1-5(2)9(6(3)4,7(10)11)8(12)13;;;;/h5-6H,1-4H3,(H,10,11)(H,12,13);;;;/q;2*+1;2*-1. The van der Waals surface area contributed by atoms with E-state index in [4.69, 9.17) is 10.2 Å². The second-order valence-electron chi connectivity index (χ2n) is 3.79. The Hall–Kier alpha value is 1.58. The summed E-state index contributed by atoms with van der Waals surface area (Å²) < 4.78 is 0. The van der Waals surface area contributed by atoms with Crippen molar-refractivity contribution < 1.29 is 104 Å². The van der Waals surface area contributed by atoms with E-state index in [2.05, 4.69) is 0 Å². The van der Waals surface area contributed by atoms with Gasteiger partial charge in [-0.25, -0.2) is 0 Å². The summed E-state index contributed by atoms with van der Waals surface area (Å²) in [7, 11) is 0. The number of carbonyl (C=O) groups is 2. The SMILES string of the molecule is CC(C)C(C(=O)O)(C(=O)O)C(C)C.[H-].[H-].[K+].[Na+]. The van der Waals surface area contributed by atoms with E-state index in [1.165, 1.54) is 0 Å². The molecule has 0 saturated heterocycles. The fraction of sp³-hybridized carbons (Fsp3) is 0.778. The summed E-state index contributed by atoms with van der Waals surface area (Å²) >= 11 is 0. The van der Waals surface area contributed by atoms with E-state index in [0.29, 0.717) is 0 Å². The Kier molecular flexibility index (Phi) is 12.6. The first-order valence-corrected chi connectivity index (χ1v) is 4.24. The molecule has 0 fully saturated rings. The van der Waals surface area contributed by atoms with Crippen molar-refractivity contribution in [3.63, 3.8) is 0 Å². The summed E-state index contributed by atoms with van der Waals surface area (Å²) in [4.78, 5) is 21.9. The largest absolute Gasteiger partial charge is 1.00 e. The van der Waals surface area contributed by atoms with Crippen LogP contribution >= 0.6 is 0 Å². The third-order valence-corrected chi connectivity index (χ3v) is 2.53. The summed E-state index contributed by atoms with van der Waals surface area (Å²) in [5.74, 6) is -3.38. The molecule has 15 heavy (non-hydrogen) atoms. The van der Waals surface area contributed by atoms with Crippen molar-refractivity contribution in [1.29, 1.82) is 0 Å². The topological polar surface area (TPSA) is 74.6 Å². The molecule has 0 saturated carbocycles. The van der Waals surface area contributed by atoms with E-state index in [1.54, 1.807) is 27.7 Å². The molecule has 0 aromatic carbocycles. The van der Waals surface area contributed by atoms with Gasteiger partial charge in [0.05, 0.1) is 0 Å². The van der Waals surface area contributed by atoms with E-state index in [-0.39, 0.29) is 83.8 Å². The molecule has 4 nitrogen and oxygen atoms in total. The van der Waals surface area contributed by atoms with Gasteiger partial charge in [0, 0.05) is 0 Å². The molecule has 0 rings (SSSR count). The Morgan fingerprint density at radius 2 is 1.20 bits per heavy atom. The van der Waals surface area contributed by atoms with Crippen molar-refractivity contribution in [3.8, 4) is 0 Å². The molecular formula is C9H18KNaO4. The van der Waals surface area contributed by atoms with Gasteiger partial charge in [0.25, 0.3) is 0 Å². The van der Waals surface area contributed by atoms with Crippen LogP contribution in [0.15, 0.2) is 0 Å². The Morgan fingerprint density at radius 1 is 1.00 bits per heavy atom. The maximum Gasteiger partial charge on any atom is 1.00 e. The van der Waals surface area contributed by atoms with Crippen LogP contribution in [0.1, 0.15) is 30.5 Å². The van der Waals surface area contributed by atoms with Gasteiger partial charge in [0.15, 0.2) is 5.41 Å². The van der Waals surface area contributed by atoms with Crippen molar-refractivity contribution in [2.24, 2.45) is 17.3 Å². The fourth-order valence-electron chi connectivity index (χ4n) is 1.75. The molecule has 6 heteroatoms. The van der Waals surface area contributed by atoms with Gasteiger partial charge in [0.1, 0.15) is 0 Å². The summed E-state index contributed by atoms with van der Waals surface area (Å²) in [6.45, 7) is 6.45. The zero-order chi connectivity index (χ0) is 10.8. The molecule has 0 spiro atoms. The molecule has 0 heterocycles. The maximum atomic E-state index is 11.0. The molecule has 0 unspecified atom stereocenters. The summed E-state index contributed by atoms with van der Waals surface area (Å²) in [6.07, 6.45) is 0. The smallest absolute Gasteiger partial charge is 1.00 e. The molecule has 0 radical (unpaired) electrons. The predicted molar refractivity (Wildman–Crippen MR) is 49.6 cm³/mol. The van der Waals surface area contributed by atoms with Gasteiger partial charge in [-0.3, -0.25) is 9.59 Å². The minimum atomic E-state index is -1.67. The van der Waals surface area contributed by atoms with Crippen LogP contribution in [0.2, 0.25) is 0 Å². The fourth-order valence-corrected chi connectivity index (χ4v) is 1.75. The number of hydrogen-bond acceptors (Lipinski definition) is 2.